The molecule has 2 aromatic rings. The van der Waals surface area contributed by atoms with Crippen molar-refractivity contribution < 1.29 is 4.84 Å². The van der Waals surface area contributed by atoms with Crippen LogP contribution in [-0.2, 0) is 11.3 Å². The van der Waals surface area contributed by atoms with Crippen molar-refractivity contribution in [2.24, 2.45) is 5.90 Å². The molecule has 68 valence electrons. The molecule has 1 aromatic heterocycles. The fourth-order valence-corrected chi connectivity index (χ4v) is 1.89. The molecular weight excluding hydrogens is 184 g/mol. The smallest absolute Gasteiger partial charge is 0.0814 e. The van der Waals surface area contributed by atoms with Crippen LogP contribution in [0.5, 0.6) is 0 Å². The van der Waals surface area contributed by atoms with Crippen LogP contribution in [0.15, 0.2) is 23.7 Å². The van der Waals surface area contributed by atoms with E-state index in [0.29, 0.717) is 6.61 Å². The summed E-state index contributed by atoms with van der Waals surface area (Å²) in [5, 5.41) is 0. The SMILES string of the molecule is NOCCc1ccc2scnc2c1. The van der Waals surface area contributed by atoms with Crippen LogP contribution in [0.25, 0.3) is 10.2 Å². The van der Waals surface area contributed by atoms with E-state index in [9.17, 15) is 0 Å². The first-order chi connectivity index (χ1) is 6.40. The summed E-state index contributed by atoms with van der Waals surface area (Å²) in [5.41, 5.74) is 4.12. The molecule has 0 atom stereocenters. The Labute approximate surface area is 80.1 Å². The maximum absolute atomic E-state index is 4.96. The average Bonchev–Trinajstić information content (AvgIpc) is 2.61. The number of fused-ring (bicyclic) bond motifs is 1. The molecule has 0 radical (unpaired) electrons. The summed E-state index contributed by atoms with van der Waals surface area (Å²) in [6.07, 6.45) is 0.837. The Bertz CT molecular complexity index is 399. The van der Waals surface area contributed by atoms with Gasteiger partial charge in [0, 0.05) is 0 Å². The van der Waals surface area contributed by atoms with Crippen LogP contribution in [0.3, 0.4) is 0 Å². The number of thiazole rings is 1. The second-order valence-corrected chi connectivity index (χ2v) is 3.66. The van der Waals surface area contributed by atoms with E-state index in [1.165, 1.54) is 10.3 Å². The molecule has 0 saturated heterocycles. The predicted octanol–water partition coefficient (Wildman–Crippen LogP) is 1.73. The minimum absolute atomic E-state index is 0.551. The van der Waals surface area contributed by atoms with E-state index >= 15 is 0 Å². The lowest BCUT2D eigenvalue weighted by Crippen LogP contribution is -2.03. The van der Waals surface area contributed by atoms with Crippen LogP contribution in [0, 0.1) is 0 Å². The van der Waals surface area contributed by atoms with Crippen molar-refractivity contribution in [2.45, 2.75) is 6.42 Å². The zero-order valence-corrected chi connectivity index (χ0v) is 7.88. The molecule has 0 fully saturated rings. The number of rotatable bonds is 3. The fourth-order valence-electron chi connectivity index (χ4n) is 1.24. The van der Waals surface area contributed by atoms with Crippen molar-refractivity contribution in [2.75, 3.05) is 6.61 Å². The molecule has 1 aromatic carbocycles. The molecule has 0 amide bonds. The predicted molar refractivity (Wildman–Crippen MR) is 53.5 cm³/mol. The van der Waals surface area contributed by atoms with E-state index in [-0.39, 0.29) is 0 Å². The van der Waals surface area contributed by atoms with Gasteiger partial charge in [-0.05, 0) is 24.1 Å². The number of nitrogens with two attached hydrogens (primary N) is 1. The summed E-state index contributed by atoms with van der Waals surface area (Å²) in [6, 6.07) is 6.24. The summed E-state index contributed by atoms with van der Waals surface area (Å²) < 4.78 is 1.22. The summed E-state index contributed by atoms with van der Waals surface area (Å²) >= 11 is 1.65. The van der Waals surface area contributed by atoms with Crippen LogP contribution in [0.4, 0.5) is 0 Å². The monoisotopic (exact) mass is 194 g/mol. The lowest BCUT2D eigenvalue weighted by molar-refractivity contribution is 0.141. The molecule has 0 spiro atoms. The largest absolute Gasteiger partial charge is 0.304 e. The van der Waals surface area contributed by atoms with E-state index < -0.39 is 0 Å². The molecule has 1 heterocycles. The first-order valence-corrected chi connectivity index (χ1v) is 4.92. The zero-order chi connectivity index (χ0) is 9.10. The molecule has 0 bridgehead atoms. The number of nitrogens with zero attached hydrogens (tertiary/aromatic N) is 1. The Morgan fingerprint density at radius 3 is 3.23 bits per heavy atom. The highest BCUT2D eigenvalue weighted by Gasteiger charge is 1.98. The minimum Gasteiger partial charge on any atom is -0.304 e. The van der Waals surface area contributed by atoms with Gasteiger partial charge in [-0.2, -0.15) is 0 Å². The molecule has 4 heteroatoms. The van der Waals surface area contributed by atoms with Crippen molar-refractivity contribution in [1.29, 1.82) is 0 Å². The second-order valence-electron chi connectivity index (χ2n) is 2.78. The summed E-state index contributed by atoms with van der Waals surface area (Å²) in [7, 11) is 0. The maximum atomic E-state index is 4.96. The fraction of sp³-hybridized carbons (Fsp3) is 0.222. The Morgan fingerprint density at radius 1 is 1.46 bits per heavy atom. The highest BCUT2D eigenvalue weighted by Crippen LogP contribution is 2.18. The van der Waals surface area contributed by atoms with Crippen LogP contribution < -0.4 is 5.90 Å². The summed E-state index contributed by atoms with van der Waals surface area (Å²) in [6.45, 7) is 0.551. The molecule has 2 rings (SSSR count). The van der Waals surface area contributed by atoms with Crippen molar-refractivity contribution in [3.05, 3.63) is 29.3 Å². The van der Waals surface area contributed by atoms with Gasteiger partial charge in [-0.25, -0.2) is 10.9 Å². The van der Waals surface area contributed by atoms with Crippen molar-refractivity contribution >= 4 is 21.6 Å². The van der Waals surface area contributed by atoms with Crippen LogP contribution in [-0.4, -0.2) is 11.6 Å². The van der Waals surface area contributed by atoms with E-state index in [4.69, 9.17) is 5.90 Å². The van der Waals surface area contributed by atoms with Crippen LogP contribution in [0.1, 0.15) is 5.56 Å². The molecule has 3 nitrogen and oxygen atoms in total. The third kappa shape index (κ3) is 1.85. The van der Waals surface area contributed by atoms with Crippen molar-refractivity contribution in [3.8, 4) is 0 Å². The van der Waals surface area contributed by atoms with Gasteiger partial charge in [-0.1, -0.05) is 6.07 Å². The van der Waals surface area contributed by atoms with Crippen molar-refractivity contribution in [3.63, 3.8) is 0 Å². The maximum Gasteiger partial charge on any atom is 0.0814 e. The van der Waals surface area contributed by atoms with Gasteiger partial charge in [-0.15, -0.1) is 11.3 Å². The number of hydrogen-bond donors (Lipinski definition) is 1. The third-order valence-electron chi connectivity index (χ3n) is 1.90. The topological polar surface area (TPSA) is 48.1 Å². The Kier molecular flexibility index (Phi) is 2.54. The van der Waals surface area contributed by atoms with Gasteiger partial charge in [-0.3, -0.25) is 0 Å². The standard InChI is InChI=1S/C9H10N2OS/c10-12-4-3-7-1-2-9-8(5-7)11-6-13-9/h1-2,5-6H,3-4,10H2. The summed E-state index contributed by atoms with van der Waals surface area (Å²) in [5.74, 6) is 4.96. The van der Waals surface area contributed by atoms with E-state index in [0.717, 1.165) is 11.9 Å². The molecule has 13 heavy (non-hydrogen) atoms. The quantitative estimate of drug-likeness (QED) is 0.757. The highest BCUT2D eigenvalue weighted by atomic mass is 32.1. The molecular formula is C9H10N2OS. The molecule has 0 saturated carbocycles. The molecule has 0 aliphatic rings. The van der Waals surface area contributed by atoms with E-state index in [1.54, 1.807) is 11.3 Å². The second kappa shape index (κ2) is 3.83. The molecule has 0 unspecified atom stereocenters. The lowest BCUT2D eigenvalue weighted by atomic mass is 10.1. The van der Waals surface area contributed by atoms with Gasteiger partial charge in [0.2, 0.25) is 0 Å². The highest BCUT2D eigenvalue weighted by molar-refractivity contribution is 7.16. The van der Waals surface area contributed by atoms with Gasteiger partial charge >= 0.3 is 0 Å². The number of benzene rings is 1. The summed E-state index contributed by atoms with van der Waals surface area (Å²) in [4.78, 5) is 8.76. The molecule has 0 aliphatic carbocycles. The first-order valence-electron chi connectivity index (χ1n) is 4.04. The van der Waals surface area contributed by atoms with Crippen LogP contribution in [0.2, 0.25) is 0 Å². The average molecular weight is 194 g/mol. The van der Waals surface area contributed by atoms with Gasteiger partial charge < -0.3 is 4.84 Å². The molecule has 2 N–H and O–H groups in total. The Balaban J connectivity index is 2.26. The van der Waals surface area contributed by atoms with Gasteiger partial charge in [0.05, 0.1) is 22.3 Å². The van der Waals surface area contributed by atoms with Gasteiger partial charge in [0.25, 0.3) is 0 Å². The molecule has 0 aliphatic heterocycles. The van der Waals surface area contributed by atoms with E-state index in [2.05, 4.69) is 28.0 Å². The normalized spacial score (nSPS) is 10.8. The van der Waals surface area contributed by atoms with Gasteiger partial charge in [0.15, 0.2) is 0 Å². The zero-order valence-electron chi connectivity index (χ0n) is 7.06. The van der Waals surface area contributed by atoms with Gasteiger partial charge in [0.1, 0.15) is 0 Å². The first kappa shape index (κ1) is 8.62. The number of hydrogen-bond acceptors (Lipinski definition) is 4. The van der Waals surface area contributed by atoms with Crippen LogP contribution >= 0.6 is 11.3 Å². The Hall–Kier alpha value is -0.970. The van der Waals surface area contributed by atoms with E-state index in [1.807, 2.05) is 5.51 Å². The number of aromatic nitrogens is 1. The lowest BCUT2D eigenvalue weighted by Gasteiger charge is -1.98. The Morgan fingerprint density at radius 2 is 2.38 bits per heavy atom. The minimum atomic E-state index is 0.551. The van der Waals surface area contributed by atoms with Crippen molar-refractivity contribution in [1.82, 2.24) is 4.98 Å². The third-order valence-corrected chi connectivity index (χ3v) is 2.71.